The third kappa shape index (κ3) is 2.46. The lowest BCUT2D eigenvalue weighted by atomic mass is 10.1. The molecule has 0 aliphatic rings. The zero-order valence-corrected chi connectivity index (χ0v) is 7.29. The van der Waals surface area contributed by atoms with Gasteiger partial charge in [-0.1, -0.05) is 0 Å². The number of rotatable bonds is 4. The van der Waals surface area contributed by atoms with Gasteiger partial charge in [-0.15, -0.1) is 0 Å². The fraction of sp³-hybridized carbons (Fsp3) is 0.400. The third-order valence-electron chi connectivity index (χ3n) is 1.92. The summed E-state index contributed by atoms with van der Waals surface area (Å²) in [5, 5.41) is 0. The summed E-state index contributed by atoms with van der Waals surface area (Å²) in [5.74, 6) is 0. The molecule has 0 saturated heterocycles. The zero-order valence-electron chi connectivity index (χ0n) is 7.29. The van der Waals surface area contributed by atoms with Crippen molar-refractivity contribution in [1.82, 2.24) is 4.98 Å². The van der Waals surface area contributed by atoms with Crippen molar-refractivity contribution in [2.45, 2.75) is 26.2 Å². The van der Waals surface area contributed by atoms with Gasteiger partial charge in [0.05, 0.1) is 0 Å². The molecule has 0 amide bonds. The number of aldehydes is 1. The maximum atomic E-state index is 10.1. The number of aromatic nitrogens is 1. The molecule has 0 saturated carbocycles. The molecule has 0 aliphatic heterocycles. The number of hydrogen-bond donors (Lipinski definition) is 0. The molecule has 0 radical (unpaired) electrons. The van der Waals surface area contributed by atoms with Gasteiger partial charge < -0.3 is 4.79 Å². The molecule has 12 heavy (non-hydrogen) atoms. The van der Waals surface area contributed by atoms with Crippen molar-refractivity contribution >= 4 is 6.29 Å². The van der Waals surface area contributed by atoms with Crippen LogP contribution in [-0.4, -0.2) is 11.3 Å². The van der Waals surface area contributed by atoms with Crippen molar-refractivity contribution < 1.29 is 4.79 Å². The highest BCUT2D eigenvalue weighted by Crippen LogP contribution is 2.08. The van der Waals surface area contributed by atoms with Gasteiger partial charge in [0, 0.05) is 18.8 Å². The number of aryl methyl sites for hydroxylation is 2. The summed E-state index contributed by atoms with van der Waals surface area (Å²) in [6.07, 6.45) is 7.16. The van der Waals surface area contributed by atoms with Crippen molar-refractivity contribution in [2.24, 2.45) is 0 Å². The Labute approximate surface area is 72.6 Å². The van der Waals surface area contributed by atoms with E-state index in [0.29, 0.717) is 6.42 Å². The molecule has 64 valence electrons. The average molecular weight is 163 g/mol. The number of unbranched alkanes of at least 4 members (excludes halogenated alkanes) is 1. The molecule has 0 spiro atoms. The van der Waals surface area contributed by atoms with Crippen LogP contribution in [0.4, 0.5) is 0 Å². The smallest absolute Gasteiger partial charge is 0.120 e. The lowest BCUT2D eigenvalue weighted by Gasteiger charge is -2.01. The van der Waals surface area contributed by atoms with E-state index in [0.717, 1.165) is 19.1 Å². The molecule has 2 heteroatoms. The molecule has 0 N–H and O–H groups in total. The number of nitrogens with zero attached hydrogens (tertiary/aromatic N) is 1. The Morgan fingerprint density at radius 2 is 2.42 bits per heavy atom. The summed E-state index contributed by atoms with van der Waals surface area (Å²) in [7, 11) is 0. The summed E-state index contributed by atoms with van der Waals surface area (Å²) in [6, 6.07) is 2.00. The second-order valence-electron chi connectivity index (χ2n) is 2.86. The average Bonchev–Trinajstić information content (AvgIpc) is 2.09. The van der Waals surface area contributed by atoms with Crippen LogP contribution in [0.15, 0.2) is 18.5 Å². The van der Waals surface area contributed by atoms with E-state index in [1.807, 2.05) is 12.3 Å². The molecule has 0 aromatic carbocycles. The van der Waals surface area contributed by atoms with Gasteiger partial charge in [-0.25, -0.2) is 0 Å². The van der Waals surface area contributed by atoms with Crippen LogP contribution in [0.3, 0.4) is 0 Å². The highest BCUT2D eigenvalue weighted by Gasteiger charge is 1.96. The number of pyridine rings is 1. The number of hydrogen-bond acceptors (Lipinski definition) is 2. The topological polar surface area (TPSA) is 30.0 Å². The minimum Gasteiger partial charge on any atom is -0.303 e. The first-order chi connectivity index (χ1) is 5.84. The molecule has 1 aromatic heterocycles. The number of carbonyl (C=O) groups excluding carboxylic acids is 1. The van der Waals surface area contributed by atoms with Crippen molar-refractivity contribution in [3.63, 3.8) is 0 Å². The normalized spacial score (nSPS) is 9.75. The highest BCUT2D eigenvalue weighted by molar-refractivity contribution is 5.49. The first kappa shape index (κ1) is 8.91. The van der Waals surface area contributed by atoms with Gasteiger partial charge in [0.1, 0.15) is 6.29 Å². The van der Waals surface area contributed by atoms with Gasteiger partial charge in [0.25, 0.3) is 0 Å². The van der Waals surface area contributed by atoms with Gasteiger partial charge in [0.15, 0.2) is 0 Å². The quantitative estimate of drug-likeness (QED) is 0.501. The zero-order chi connectivity index (χ0) is 8.81. The summed E-state index contributed by atoms with van der Waals surface area (Å²) >= 11 is 0. The summed E-state index contributed by atoms with van der Waals surface area (Å²) in [5.41, 5.74) is 2.51. The van der Waals surface area contributed by atoms with Crippen molar-refractivity contribution in [3.8, 4) is 0 Å². The van der Waals surface area contributed by atoms with E-state index in [2.05, 4.69) is 11.9 Å². The summed E-state index contributed by atoms with van der Waals surface area (Å²) < 4.78 is 0. The molecule has 2 nitrogen and oxygen atoms in total. The lowest BCUT2D eigenvalue weighted by Crippen LogP contribution is -1.91. The standard InChI is InChI=1S/C10H13NO/c1-9-5-6-11-8-10(9)4-2-3-7-12/h5-8H,2-4H2,1H3. The Balaban J connectivity index is 2.51. The Morgan fingerprint density at radius 3 is 3.08 bits per heavy atom. The predicted octanol–water partition coefficient (Wildman–Crippen LogP) is 1.91. The molecule has 1 aromatic rings. The molecule has 0 bridgehead atoms. The molecular formula is C10H13NO. The van der Waals surface area contributed by atoms with Crippen molar-refractivity contribution in [1.29, 1.82) is 0 Å². The Hall–Kier alpha value is -1.18. The van der Waals surface area contributed by atoms with E-state index >= 15 is 0 Å². The first-order valence-electron chi connectivity index (χ1n) is 4.17. The summed E-state index contributed by atoms with van der Waals surface area (Å²) in [4.78, 5) is 14.1. The third-order valence-corrected chi connectivity index (χ3v) is 1.92. The van der Waals surface area contributed by atoms with Crippen LogP contribution < -0.4 is 0 Å². The van der Waals surface area contributed by atoms with E-state index < -0.39 is 0 Å². The van der Waals surface area contributed by atoms with Gasteiger partial charge in [0.2, 0.25) is 0 Å². The first-order valence-corrected chi connectivity index (χ1v) is 4.17. The molecule has 1 rings (SSSR count). The minimum atomic E-state index is 0.647. The molecule has 0 unspecified atom stereocenters. The predicted molar refractivity (Wildman–Crippen MR) is 48.0 cm³/mol. The van der Waals surface area contributed by atoms with Gasteiger partial charge in [-0.2, -0.15) is 0 Å². The Bertz CT molecular complexity index is 258. The van der Waals surface area contributed by atoms with Crippen LogP contribution in [0.1, 0.15) is 24.0 Å². The largest absolute Gasteiger partial charge is 0.303 e. The maximum Gasteiger partial charge on any atom is 0.120 e. The van der Waals surface area contributed by atoms with Gasteiger partial charge >= 0.3 is 0 Å². The highest BCUT2D eigenvalue weighted by atomic mass is 16.1. The Kier molecular flexibility index (Phi) is 3.45. The van der Waals surface area contributed by atoms with Crippen LogP contribution in [-0.2, 0) is 11.2 Å². The Morgan fingerprint density at radius 1 is 1.58 bits per heavy atom. The lowest BCUT2D eigenvalue weighted by molar-refractivity contribution is -0.107. The van der Waals surface area contributed by atoms with Crippen LogP contribution in [0.25, 0.3) is 0 Å². The fourth-order valence-electron chi connectivity index (χ4n) is 1.13. The SMILES string of the molecule is Cc1ccncc1CCCC=O. The van der Waals surface area contributed by atoms with Gasteiger partial charge in [-0.05, 0) is 37.0 Å². The van der Waals surface area contributed by atoms with E-state index in [1.165, 1.54) is 11.1 Å². The monoisotopic (exact) mass is 163 g/mol. The molecule has 0 fully saturated rings. The second-order valence-corrected chi connectivity index (χ2v) is 2.86. The second kappa shape index (κ2) is 4.65. The minimum absolute atomic E-state index is 0.647. The van der Waals surface area contributed by atoms with Crippen LogP contribution >= 0.6 is 0 Å². The number of carbonyl (C=O) groups is 1. The fourth-order valence-corrected chi connectivity index (χ4v) is 1.13. The maximum absolute atomic E-state index is 10.1. The van der Waals surface area contributed by atoms with Crippen LogP contribution in [0.2, 0.25) is 0 Å². The van der Waals surface area contributed by atoms with E-state index in [-0.39, 0.29) is 0 Å². The van der Waals surface area contributed by atoms with Crippen molar-refractivity contribution in [3.05, 3.63) is 29.6 Å². The molecular weight excluding hydrogens is 150 g/mol. The summed E-state index contributed by atoms with van der Waals surface area (Å²) in [6.45, 7) is 2.07. The van der Waals surface area contributed by atoms with E-state index in [4.69, 9.17) is 0 Å². The molecule has 1 heterocycles. The molecule has 0 aliphatic carbocycles. The van der Waals surface area contributed by atoms with Crippen LogP contribution in [0.5, 0.6) is 0 Å². The molecule has 0 atom stereocenters. The van der Waals surface area contributed by atoms with Crippen molar-refractivity contribution in [2.75, 3.05) is 0 Å². The van der Waals surface area contributed by atoms with E-state index in [1.54, 1.807) is 6.20 Å². The van der Waals surface area contributed by atoms with E-state index in [9.17, 15) is 4.79 Å². The van der Waals surface area contributed by atoms with Crippen LogP contribution in [0, 0.1) is 6.92 Å². The van der Waals surface area contributed by atoms with Gasteiger partial charge in [-0.3, -0.25) is 4.98 Å².